The maximum Gasteiger partial charge on any atom is 0.222 e. The number of hydrogen-bond donors (Lipinski definition) is 2. The van der Waals surface area contributed by atoms with Crippen molar-refractivity contribution in [3.05, 3.63) is 0 Å². The van der Waals surface area contributed by atoms with Crippen LogP contribution in [0.1, 0.15) is 32.6 Å². The van der Waals surface area contributed by atoms with Gasteiger partial charge in [-0.3, -0.25) is 9.79 Å². The fourth-order valence-electron chi connectivity index (χ4n) is 2.17. The average Bonchev–Trinajstić information content (AvgIpc) is 3.02. The topological polar surface area (TPSA) is 70.7 Å². The molecule has 1 atom stereocenters. The molecular formula is C12H22N4O. The minimum Gasteiger partial charge on any atom is -0.370 e. The van der Waals surface area contributed by atoms with Gasteiger partial charge in [0.1, 0.15) is 0 Å². The van der Waals surface area contributed by atoms with Gasteiger partial charge in [0.15, 0.2) is 5.96 Å². The van der Waals surface area contributed by atoms with E-state index >= 15 is 0 Å². The van der Waals surface area contributed by atoms with E-state index in [1.807, 2.05) is 4.90 Å². The number of likely N-dealkylation sites (tertiary alicyclic amines) is 1. The maximum absolute atomic E-state index is 11.6. The summed E-state index contributed by atoms with van der Waals surface area (Å²) in [4.78, 5) is 17.9. The van der Waals surface area contributed by atoms with Crippen LogP contribution in [0, 0.1) is 5.92 Å². The predicted molar refractivity (Wildman–Crippen MR) is 67.6 cm³/mol. The third kappa shape index (κ3) is 3.61. The highest BCUT2D eigenvalue weighted by Crippen LogP contribution is 2.19. The van der Waals surface area contributed by atoms with Gasteiger partial charge in [0.25, 0.3) is 0 Å². The zero-order valence-corrected chi connectivity index (χ0v) is 10.5. The summed E-state index contributed by atoms with van der Waals surface area (Å²) in [7, 11) is 0. The van der Waals surface area contributed by atoms with E-state index in [0.717, 1.165) is 19.5 Å². The van der Waals surface area contributed by atoms with Gasteiger partial charge in [0.05, 0.1) is 0 Å². The first-order valence-corrected chi connectivity index (χ1v) is 6.53. The molecule has 2 aliphatic rings. The first-order valence-electron chi connectivity index (χ1n) is 6.53. The van der Waals surface area contributed by atoms with Gasteiger partial charge in [-0.05, 0) is 19.3 Å². The summed E-state index contributed by atoms with van der Waals surface area (Å²) < 4.78 is 0. The minimum atomic E-state index is 0.265. The van der Waals surface area contributed by atoms with Crippen LogP contribution in [0.15, 0.2) is 4.99 Å². The molecule has 5 nitrogen and oxygen atoms in total. The van der Waals surface area contributed by atoms with Gasteiger partial charge in [-0.1, -0.05) is 6.92 Å². The summed E-state index contributed by atoms with van der Waals surface area (Å²) in [5.41, 5.74) is 5.76. The lowest BCUT2D eigenvalue weighted by molar-refractivity contribution is -0.127. The lowest BCUT2D eigenvalue weighted by Gasteiger charge is -2.14. The zero-order chi connectivity index (χ0) is 12.3. The largest absolute Gasteiger partial charge is 0.370 e. The molecule has 0 spiro atoms. The van der Waals surface area contributed by atoms with Crippen LogP contribution in [0.25, 0.3) is 0 Å². The fraction of sp³-hybridized carbons (Fsp3) is 0.833. The Labute approximate surface area is 102 Å². The van der Waals surface area contributed by atoms with E-state index in [1.165, 1.54) is 12.8 Å². The Hall–Kier alpha value is -1.26. The summed E-state index contributed by atoms with van der Waals surface area (Å²) in [5, 5.41) is 3.15. The maximum atomic E-state index is 11.6. The molecule has 3 N–H and O–H groups in total. The lowest BCUT2D eigenvalue weighted by atomic mass is 10.1. The second-order valence-corrected chi connectivity index (χ2v) is 5.05. The number of amides is 1. The van der Waals surface area contributed by atoms with Crippen molar-refractivity contribution in [2.45, 2.75) is 38.6 Å². The summed E-state index contributed by atoms with van der Waals surface area (Å²) in [6, 6.07) is 0.542. The summed E-state index contributed by atoms with van der Waals surface area (Å²) in [5.74, 6) is 1.14. The molecule has 1 amide bonds. The molecule has 1 aliphatic heterocycles. The van der Waals surface area contributed by atoms with E-state index in [4.69, 9.17) is 5.73 Å². The van der Waals surface area contributed by atoms with Crippen LogP contribution in [-0.4, -0.2) is 42.4 Å². The molecule has 96 valence electrons. The van der Waals surface area contributed by atoms with Crippen molar-refractivity contribution in [1.82, 2.24) is 10.2 Å². The van der Waals surface area contributed by atoms with E-state index in [2.05, 4.69) is 17.2 Å². The van der Waals surface area contributed by atoms with E-state index in [0.29, 0.717) is 30.9 Å². The molecule has 0 aromatic heterocycles. The fourth-order valence-corrected chi connectivity index (χ4v) is 2.17. The summed E-state index contributed by atoms with van der Waals surface area (Å²) >= 11 is 0. The number of carbonyl (C=O) groups is 1. The van der Waals surface area contributed by atoms with Crippen LogP contribution in [-0.2, 0) is 4.79 Å². The molecule has 1 heterocycles. The van der Waals surface area contributed by atoms with Crippen molar-refractivity contribution in [3.8, 4) is 0 Å². The van der Waals surface area contributed by atoms with Crippen LogP contribution >= 0.6 is 0 Å². The normalized spacial score (nSPS) is 25.5. The number of aliphatic imine (C=N–C) groups is 1. The molecule has 0 aromatic carbocycles. The van der Waals surface area contributed by atoms with Crippen LogP contribution in [0.3, 0.4) is 0 Å². The number of hydrogen-bond acceptors (Lipinski definition) is 2. The second kappa shape index (κ2) is 5.38. The molecule has 0 radical (unpaired) electrons. The highest BCUT2D eigenvalue weighted by molar-refractivity contribution is 5.79. The molecular weight excluding hydrogens is 216 g/mol. The Kier molecular flexibility index (Phi) is 3.86. The molecule has 2 fully saturated rings. The number of carbonyl (C=O) groups excluding carboxylic acids is 1. The Morgan fingerprint density at radius 2 is 2.35 bits per heavy atom. The molecule has 2 rings (SSSR count). The Morgan fingerprint density at radius 3 is 3.00 bits per heavy atom. The lowest BCUT2D eigenvalue weighted by Crippen LogP contribution is -2.34. The zero-order valence-electron chi connectivity index (χ0n) is 10.5. The van der Waals surface area contributed by atoms with Gasteiger partial charge in [0, 0.05) is 38.0 Å². The van der Waals surface area contributed by atoms with Gasteiger partial charge >= 0.3 is 0 Å². The van der Waals surface area contributed by atoms with Gasteiger partial charge in [-0.15, -0.1) is 0 Å². The monoisotopic (exact) mass is 238 g/mol. The van der Waals surface area contributed by atoms with Crippen molar-refractivity contribution >= 4 is 11.9 Å². The third-order valence-electron chi connectivity index (χ3n) is 3.24. The Balaban J connectivity index is 1.74. The van der Waals surface area contributed by atoms with Crippen LogP contribution < -0.4 is 11.1 Å². The van der Waals surface area contributed by atoms with Crippen molar-refractivity contribution in [1.29, 1.82) is 0 Å². The van der Waals surface area contributed by atoms with Crippen molar-refractivity contribution in [2.75, 3.05) is 19.6 Å². The summed E-state index contributed by atoms with van der Waals surface area (Å²) in [6.45, 7) is 4.47. The standard InChI is InChI=1S/C12H22N4O/c1-2-5-16-8-9(6-11(16)17)7-14-12(13)15-10-3-4-10/h9-10H,2-8H2,1H3,(H3,13,14,15). The van der Waals surface area contributed by atoms with Crippen LogP contribution in [0.4, 0.5) is 0 Å². The minimum absolute atomic E-state index is 0.265. The van der Waals surface area contributed by atoms with Crippen LogP contribution in [0.2, 0.25) is 0 Å². The van der Waals surface area contributed by atoms with E-state index in [9.17, 15) is 4.79 Å². The highest BCUT2D eigenvalue weighted by Gasteiger charge is 2.28. The van der Waals surface area contributed by atoms with Crippen molar-refractivity contribution in [2.24, 2.45) is 16.6 Å². The average molecular weight is 238 g/mol. The predicted octanol–water partition coefficient (Wildman–Crippen LogP) is 0.312. The van der Waals surface area contributed by atoms with Crippen LogP contribution in [0.5, 0.6) is 0 Å². The molecule has 1 aliphatic carbocycles. The molecule has 0 aromatic rings. The van der Waals surface area contributed by atoms with Gasteiger partial charge in [-0.25, -0.2) is 0 Å². The molecule has 17 heavy (non-hydrogen) atoms. The van der Waals surface area contributed by atoms with Gasteiger partial charge in [-0.2, -0.15) is 0 Å². The van der Waals surface area contributed by atoms with E-state index in [-0.39, 0.29) is 5.91 Å². The smallest absolute Gasteiger partial charge is 0.222 e. The first-order chi connectivity index (χ1) is 8.19. The third-order valence-corrected chi connectivity index (χ3v) is 3.24. The Bertz CT molecular complexity index is 312. The molecule has 1 unspecified atom stereocenters. The number of nitrogens with two attached hydrogens (primary N) is 1. The summed E-state index contributed by atoms with van der Waals surface area (Å²) in [6.07, 6.45) is 4.04. The number of guanidine groups is 1. The van der Waals surface area contributed by atoms with Gasteiger partial charge < -0.3 is 16.0 Å². The molecule has 1 saturated heterocycles. The first kappa shape index (κ1) is 12.2. The quantitative estimate of drug-likeness (QED) is 0.535. The second-order valence-electron chi connectivity index (χ2n) is 5.05. The number of nitrogens with one attached hydrogen (secondary N) is 1. The number of nitrogens with zero attached hydrogens (tertiary/aromatic N) is 2. The van der Waals surface area contributed by atoms with Crippen molar-refractivity contribution < 1.29 is 4.79 Å². The van der Waals surface area contributed by atoms with Gasteiger partial charge in [0.2, 0.25) is 5.91 Å². The van der Waals surface area contributed by atoms with E-state index < -0.39 is 0 Å². The highest BCUT2D eigenvalue weighted by atomic mass is 16.2. The van der Waals surface area contributed by atoms with E-state index in [1.54, 1.807) is 0 Å². The Morgan fingerprint density at radius 1 is 1.59 bits per heavy atom. The molecule has 0 bridgehead atoms. The van der Waals surface area contributed by atoms with Crippen molar-refractivity contribution in [3.63, 3.8) is 0 Å². The molecule has 5 heteroatoms. The number of rotatable bonds is 5. The SMILES string of the molecule is CCCN1CC(CN=C(N)NC2CC2)CC1=O. The molecule has 1 saturated carbocycles.